The van der Waals surface area contributed by atoms with Crippen molar-refractivity contribution in [1.82, 2.24) is 0 Å². The van der Waals surface area contributed by atoms with Crippen molar-refractivity contribution in [3.05, 3.63) is 47.5 Å². The standard InChI is InChI=1S/C17H19BrO/c1-12-8-9-13-5-2-3-7-15(13)17(12)16(18)11-14-6-4-10-19-14/h2-3,5,7-9,14,16H,4,6,10-11H2,1H3. The van der Waals surface area contributed by atoms with E-state index in [4.69, 9.17) is 4.74 Å². The number of hydrogen-bond donors (Lipinski definition) is 0. The van der Waals surface area contributed by atoms with Gasteiger partial charge in [0, 0.05) is 11.4 Å². The predicted molar refractivity (Wildman–Crippen MR) is 83.9 cm³/mol. The summed E-state index contributed by atoms with van der Waals surface area (Å²) in [5.74, 6) is 0. The first-order valence-corrected chi connectivity index (χ1v) is 7.91. The minimum absolute atomic E-state index is 0.377. The van der Waals surface area contributed by atoms with Gasteiger partial charge in [0.15, 0.2) is 0 Å². The molecule has 1 aliphatic rings. The summed E-state index contributed by atoms with van der Waals surface area (Å²) in [6, 6.07) is 13.1. The summed E-state index contributed by atoms with van der Waals surface area (Å²) in [6.07, 6.45) is 3.89. The minimum Gasteiger partial charge on any atom is -0.378 e. The Morgan fingerprint density at radius 1 is 1.26 bits per heavy atom. The van der Waals surface area contributed by atoms with Crippen LogP contribution in [0.2, 0.25) is 0 Å². The maximum Gasteiger partial charge on any atom is 0.0589 e. The third kappa shape index (κ3) is 2.70. The van der Waals surface area contributed by atoms with Crippen molar-refractivity contribution in [2.24, 2.45) is 0 Å². The molecule has 0 bridgehead atoms. The summed E-state index contributed by atoms with van der Waals surface area (Å²) in [5.41, 5.74) is 2.78. The summed E-state index contributed by atoms with van der Waals surface area (Å²) in [6.45, 7) is 3.13. The molecule has 0 aromatic heterocycles. The highest BCUT2D eigenvalue weighted by atomic mass is 79.9. The third-order valence-corrected chi connectivity index (χ3v) is 4.83. The number of halogens is 1. The molecule has 0 aliphatic carbocycles. The number of aryl methyl sites for hydroxylation is 1. The summed E-state index contributed by atoms with van der Waals surface area (Å²) in [5, 5.41) is 2.68. The van der Waals surface area contributed by atoms with E-state index in [0.717, 1.165) is 13.0 Å². The van der Waals surface area contributed by atoms with Gasteiger partial charge in [0.1, 0.15) is 0 Å². The maximum absolute atomic E-state index is 5.77. The third-order valence-electron chi connectivity index (χ3n) is 4.00. The molecule has 0 spiro atoms. The van der Waals surface area contributed by atoms with Crippen LogP contribution in [0.3, 0.4) is 0 Å². The Labute approximate surface area is 123 Å². The number of fused-ring (bicyclic) bond motifs is 1. The Morgan fingerprint density at radius 2 is 2.11 bits per heavy atom. The normalized spacial score (nSPS) is 20.8. The average molecular weight is 319 g/mol. The van der Waals surface area contributed by atoms with Crippen LogP contribution in [-0.4, -0.2) is 12.7 Å². The van der Waals surface area contributed by atoms with Crippen molar-refractivity contribution < 1.29 is 4.74 Å². The first kappa shape index (κ1) is 13.1. The van der Waals surface area contributed by atoms with E-state index in [2.05, 4.69) is 59.3 Å². The van der Waals surface area contributed by atoms with Crippen LogP contribution in [-0.2, 0) is 4.74 Å². The topological polar surface area (TPSA) is 9.23 Å². The number of ether oxygens (including phenoxy) is 1. The molecular weight excluding hydrogens is 300 g/mol. The van der Waals surface area contributed by atoms with E-state index < -0.39 is 0 Å². The molecule has 1 fully saturated rings. The first-order chi connectivity index (χ1) is 9.25. The van der Waals surface area contributed by atoms with Gasteiger partial charge in [-0.25, -0.2) is 0 Å². The van der Waals surface area contributed by atoms with E-state index >= 15 is 0 Å². The molecule has 2 atom stereocenters. The van der Waals surface area contributed by atoms with Gasteiger partial charge in [0.05, 0.1) is 6.10 Å². The molecule has 0 amide bonds. The van der Waals surface area contributed by atoms with Gasteiger partial charge >= 0.3 is 0 Å². The lowest BCUT2D eigenvalue weighted by atomic mass is 9.94. The molecule has 0 radical (unpaired) electrons. The second kappa shape index (κ2) is 5.64. The Bertz CT molecular complexity index is 572. The highest BCUT2D eigenvalue weighted by molar-refractivity contribution is 9.09. The Kier molecular flexibility index (Phi) is 3.90. The lowest BCUT2D eigenvalue weighted by molar-refractivity contribution is 0.104. The average Bonchev–Trinajstić information content (AvgIpc) is 2.91. The molecule has 2 unspecified atom stereocenters. The van der Waals surface area contributed by atoms with Crippen molar-refractivity contribution in [3.63, 3.8) is 0 Å². The van der Waals surface area contributed by atoms with E-state index in [1.807, 2.05) is 0 Å². The van der Waals surface area contributed by atoms with Crippen molar-refractivity contribution >= 4 is 26.7 Å². The zero-order valence-corrected chi connectivity index (χ0v) is 12.8. The van der Waals surface area contributed by atoms with Gasteiger partial charge in [-0.3, -0.25) is 0 Å². The molecule has 1 saturated heterocycles. The van der Waals surface area contributed by atoms with Gasteiger partial charge in [0.2, 0.25) is 0 Å². The molecule has 3 rings (SSSR count). The molecule has 0 N–H and O–H groups in total. The van der Waals surface area contributed by atoms with Crippen molar-refractivity contribution in [2.45, 2.75) is 37.1 Å². The summed E-state index contributed by atoms with van der Waals surface area (Å²) in [4.78, 5) is 0.377. The fraction of sp³-hybridized carbons (Fsp3) is 0.412. The molecule has 2 heteroatoms. The molecule has 2 aromatic rings. The van der Waals surface area contributed by atoms with E-state index in [1.165, 1.54) is 34.7 Å². The lowest BCUT2D eigenvalue weighted by Gasteiger charge is -2.19. The largest absolute Gasteiger partial charge is 0.378 e. The zero-order chi connectivity index (χ0) is 13.2. The Balaban J connectivity index is 1.95. The molecular formula is C17H19BrO. The number of benzene rings is 2. The van der Waals surface area contributed by atoms with Gasteiger partial charge < -0.3 is 4.74 Å². The van der Waals surface area contributed by atoms with E-state index in [1.54, 1.807) is 0 Å². The van der Waals surface area contributed by atoms with Gasteiger partial charge in [-0.15, -0.1) is 0 Å². The fourth-order valence-corrected chi connectivity index (χ4v) is 4.02. The van der Waals surface area contributed by atoms with Crippen LogP contribution in [0.1, 0.15) is 35.2 Å². The van der Waals surface area contributed by atoms with Crippen molar-refractivity contribution in [2.75, 3.05) is 6.61 Å². The lowest BCUT2D eigenvalue weighted by Crippen LogP contribution is -2.09. The van der Waals surface area contributed by atoms with Crippen LogP contribution in [0, 0.1) is 6.92 Å². The van der Waals surface area contributed by atoms with Gasteiger partial charge in [-0.1, -0.05) is 52.3 Å². The van der Waals surface area contributed by atoms with Gasteiger partial charge in [0.25, 0.3) is 0 Å². The molecule has 1 heterocycles. The maximum atomic E-state index is 5.77. The van der Waals surface area contributed by atoms with Gasteiger partial charge in [-0.2, -0.15) is 0 Å². The smallest absolute Gasteiger partial charge is 0.0589 e. The van der Waals surface area contributed by atoms with Crippen LogP contribution in [0.15, 0.2) is 36.4 Å². The second-order valence-corrected chi connectivity index (χ2v) is 6.46. The van der Waals surface area contributed by atoms with E-state index in [0.29, 0.717) is 10.9 Å². The van der Waals surface area contributed by atoms with Gasteiger partial charge in [-0.05, 0) is 48.1 Å². The van der Waals surface area contributed by atoms with Crippen LogP contribution in [0.4, 0.5) is 0 Å². The summed E-state index contributed by atoms with van der Waals surface area (Å²) >= 11 is 3.89. The van der Waals surface area contributed by atoms with E-state index in [-0.39, 0.29) is 0 Å². The number of rotatable bonds is 3. The highest BCUT2D eigenvalue weighted by Crippen LogP contribution is 2.37. The Hall–Kier alpha value is -0.860. The summed E-state index contributed by atoms with van der Waals surface area (Å²) in [7, 11) is 0. The zero-order valence-electron chi connectivity index (χ0n) is 11.2. The van der Waals surface area contributed by atoms with Crippen LogP contribution >= 0.6 is 15.9 Å². The number of hydrogen-bond acceptors (Lipinski definition) is 1. The minimum atomic E-state index is 0.377. The van der Waals surface area contributed by atoms with E-state index in [9.17, 15) is 0 Å². The summed E-state index contributed by atoms with van der Waals surface area (Å²) < 4.78 is 5.77. The quantitative estimate of drug-likeness (QED) is 0.711. The molecule has 1 nitrogen and oxygen atoms in total. The molecule has 100 valence electrons. The fourth-order valence-electron chi connectivity index (χ4n) is 3.00. The number of alkyl halides is 1. The van der Waals surface area contributed by atoms with Crippen LogP contribution in [0.25, 0.3) is 10.8 Å². The molecule has 19 heavy (non-hydrogen) atoms. The monoisotopic (exact) mass is 318 g/mol. The highest BCUT2D eigenvalue weighted by Gasteiger charge is 2.22. The molecule has 0 saturated carbocycles. The van der Waals surface area contributed by atoms with Crippen LogP contribution in [0.5, 0.6) is 0 Å². The second-order valence-electron chi connectivity index (χ2n) is 5.36. The van der Waals surface area contributed by atoms with Crippen LogP contribution < -0.4 is 0 Å². The van der Waals surface area contributed by atoms with Crippen molar-refractivity contribution in [3.8, 4) is 0 Å². The van der Waals surface area contributed by atoms with Crippen molar-refractivity contribution in [1.29, 1.82) is 0 Å². The predicted octanol–water partition coefficient (Wildman–Crippen LogP) is 5.15. The molecule has 2 aromatic carbocycles. The Morgan fingerprint density at radius 3 is 2.89 bits per heavy atom. The molecule has 1 aliphatic heterocycles. The SMILES string of the molecule is Cc1ccc2ccccc2c1C(Br)CC1CCCO1. The first-order valence-electron chi connectivity index (χ1n) is 6.99.